The summed E-state index contributed by atoms with van der Waals surface area (Å²) in [5.41, 5.74) is 8.56. The summed E-state index contributed by atoms with van der Waals surface area (Å²) >= 11 is 3.25. The maximum Gasteiger partial charge on any atom is 0.412 e. The molecule has 0 bridgehead atoms. The quantitative estimate of drug-likeness (QED) is 0.270. The monoisotopic (exact) mass is 541 g/mol. The Hall–Kier alpha value is -4.19. The van der Waals surface area contributed by atoms with Crippen molar-refractivity contribution in [2.75, 3.05) is 29.1 Å². The van der Waals surface area contributed by atoms with Crippen LogP contribution >= 0.6 is 15.9 Å². The van der Waals surface area contributed by atoms with E-state index < -0.39 is 12.2 Å². The smallest absolute Gasteiger partial charge is 0.412 e. The highest BCUT2D eigenvalue weighted by molar-refractivity contribution is 9.10. The molecule has 11 nitrogen and oxygen atoms in total. The number of halogens is 1. The number of amides is 2. The third kappa shape index (κ3) is 6.67. The van der Waals surface area contributed by atoms with Gasteiger partial charge in [-0.3, -0.25) is 15.3 Å². The third-order valence-corrected chi connectivity index (χ3v) is 5.22. The molecule has 0 aliphatic rings. The summed E-state index contributed by atoms with van der Waals surface area (Å²) in [6.45, 7) is 4.20. The molecule has 0 radical (unpaired) electrons. The standard InChI is InChI=1S/C15H15N5O2.C8H9BrN2O2/c1-2-22-15(21)18-13-8-10(5-6-17-13)9-3-4-12-11(7-9)14(16)20-19-12;1-2-11(8(12)13)7-5-6(9)3-4-10-7/h3-8H,2H2,1H3,(H3,16,19,20)(H,17,18,21);3-5H,2H2,1H3,(H,12,13). The number of H-pyrrole nitrogens is 1. The second-order valence-corrected chi connectivity index (χ2v) is 7.92. The Labute approximate surface area is 209 Å². The average Bonchev–Trinajstić information content (AvgIpc) is 3.20. The summed E-state index contributed by atoms with van der Waals surface area (Å²) in [4.78, 5) is 31.4. The zero-order valence-corrected chi connectivity index (χ0v) is 20.6. The molecule has 5 N–H and O–H groups in total. The predicted octanol–water partition coefficient (Wildman–Crippen LogP) is 5.12. The van der Waals surface area contributed by atoms with Crippen molar-refractivity contribution in [2.24, 2.45) is 0 Å². The van der Waals surface area contributed by atoms with Crippen molar-refractivity contribution in [3.8, 4) is 11.1 Å². The van der Waals surface area contributed by atoms with Gasteiger partial charge in [0, 0.05) is 28.8 Å². The molecule has 4 rings (SSSR count). The number of carbonyl (C=O) groups excluding carboxylic acids is 1. The van der Waals surface area contributed by atoms with E-state index in [1.54, 1.807) is 44.4 Å². The molecule has 0 aliphatic heterocycles. The number of carbonyl (C=O) groups is 2. The van der Waals surface area contributed by atoms with Crippen LogP contribution in [0.4, 0.5) is 27.0 Å². The molecule has 35 heavy (non-hydrogen) atoms. The van der Waals surface area contributed by atoms with Crippen molar-refractivity contribution in [3.05, 3.63) is 59.3 Å². The van der Waals surface area contributed by atoms with E-state index in [0.717, 1.165) is 26.5 Å². The summed E-state index contributed by atoms with van der Waals surface area (Å²) in [6, 6.07) is 12.8. The van der Waals surface area contributed by atoms with Crippen LogP contribution < -0.4 is 16.0 Å². The first-order chi connectivity index (χ1) is 16.8. The van der Waals surface area contributed by atoms with Crippen LogP contribution in [0.2, 0.25) is 0 Å². The maximum absolute atomic E-state index is 11.4. The first-order valence-electron chi connectivity index (χ1n) is 10.6. The molecule has 0 fully saturated rings. The molecule has 2 amide bonds. The van der Waals surface area contributed by atoms with Gasteiger partial charge in [0.05, 0.1) is 12.1 Å². The highest BCUT2D eigenvalue weighted by atomic mass is 79.9. The van der Waals surface area contributed by atoms with E-state index in [0.29, 0.717) is 30.6 Å². The number of fused-ring (bicyclic) bond motifs is 1. The number of pyridine rings is 2. The van der Waals surface area contributed by atoms with Gasteiger partial charge in [0.2, 0.25) is 0 Å². The number of rotatable bonds is 5. The fourth-order valence-electron chi connectivity index (χ4n) is 3.10. The number of ether oxygens (including phenoxy) is 1. The zero-order chi connectivity index (χ0) is 25.4. The number of nitrogens with one attached hydrogen (secondary N) is 2. The second kappa shape index (κ2) is 11.8. The lowest BCUT2D eigenvalue weighted by molar-refractivity contribution is 0.168. The number of hydrogen-bond donors (Lipinski definition) is 4. The zero-order valence-electron chi connectivity index (χ0n) is 19.0. The summed E-state index contributed by atoms with van der Waals surface area (Å²) in [7, 11) is 0. The molecule has 0 unspecified atom stereocenters. The van der Waals surface area contributed by atoms with Crippen LogP contribution in [-0.4, -0.2) is 50.6 Å². The number of nitrogens with two attached hydrogens (primary N) is 1. The lowest BCUT2D eigenvalue weighted by Crippen LogP contribution is -2.29. The maximum atomic E-state index is 11.4. The van der Waals surface area contributed by atoms with Crippen molar-refractivity contribution in [3.63, 3.8) is 0 Å². The van der Waals surface area contributed by atoms with Gasteiger partial charge < -0.3 is 15.6 Å². The number of aromatic amines is 1. The van der Waals surface area contributed by atoms with Crippen LogP contribution in [0.15, 0.2) is 59.3 Å². The number of carboxylic acid groups (broad SMARTS) is 1. The summed E-state index contributed by atoms with van der Waals surface area (Å²) in [5, 5.41) is 19.1. The molecule has 3 heterocycles. The van der Waals surface area contributed by atoms with Gasteiger partial charge in [0.15, 0.2) is 5.82 Å². The van der Waals surface area contributed by atoms with Crippen LogP contribution in [-0.2, 0) is 4.74 Å². The molecule has 3 aromatic heterocycles. The Morgan fingerprint density at radius 1 is 1.11 bits per heavy atom. The third-order valence-electron chi connectivity index (χ3n) is 4.72. The fraction of sp³-hybridized carbons (Fsp3) is 0.174. The van der Waals surface area contributed by atoms with E-state index in [-0.39, 0.29) is 0 Å². The van der Waals surface area contributed by atoms with Crippen LogP contribution in [0.3, 0.4) is 0 Å². The Bertz CT molecular complexity index is 1330. The Morgan fingerprint density at radius 2 is 1.86 bits per heavy atom. The summed E-state index contributed by atoms with van der Waals surface area (Å²) in [6.07, 6.45) is 1.67. The first kappa shape index (κ1) is 25.4. The highest BCUT2D eigenvalue weighted by Gasteiger charge is 2.12. The van der Waals surface area contributed by atoms with Gasteiger partial charge >= 0.3 is 12.2 Å². The van der Waals surface area contributed by atoms with E-state index in [1.165, 1.54) is 4.90 Å². The number of aromatic nitrogens is 4. The minimum Gasteiger partial charge on any atom is -0.465 e. The molecule has 0 spiro atoms. The van der Waals surface area contributed by atoms with Crippen LogP contribution in [0, 0.1) is 0 Å². The van der Waals surface area contributed by atoms with Gasteiger partial charge in [-0.05, 0) is 61.4 Å². The summed E-state index contributed by atoms with van der Waals surface area (Å²) in [5.74, 6) is 1.32. The number of anilines is 3. The molecule has 0 atom stereocenters. The molecule has 0 saturated heterocycles. The minimum absolute atomic E-state index is 0.307. The van der Waals surface area contributed by atoms with Gasteiger partial charge in [0.25, 0.3) is 0 Å². The number of hydrogen-bond acceptors (Lipinski definition) is 7. The predicted molar refractivity (Wildman–Crippen MR) is 137 cm³/mol. The van der Waals surface area contributed by atoms with E-state index in [4.69, 9.17) is 15.6 Å². The number of benzene rings is 1. The topological polar surface area (TPSA) is 159 Å². The molecular weight excluding hydrogens is 518 g/mol. The average molecular weight is 542 g/mol. The molecule has 182 valence electrons. The molecule has 1 aromatic carbocycles. The van der Waals surface area contributed by atoms with Crippen LogP contribution in [0.1, 0.15) is 13.8 Å². The Kier molecular flexibility index (Phi) is 8.57. The largest absolute Gasteiger partial charge is 0.465 e. The molecule has 12 heteroatoms. The van der Waals surface area contributed by atoms with E-state index >= 15 is 0 Å². The normalized spacial score (nSPS) is 10.3. The second-order valence-electron chi connectivity index (χ2n) is 7.00. The Morgan fingerprint density at radius 3 is 2.54 bits per heavy atom. The minimum atomic E-state index is -0.992. The van der Waals surface area contributed by atoms with Gasteiger partial charge in [-0.1, -0.05) is 22.0 Å². The number of nitrogen functional groups attached to an aromatic ring is 1. The first-order valence-corrected chi connectivity index (χ1v) is 11.4. The van der Waals surface area contributed by atoms with Crippen molar-refractivity contribution in [1.82, 2.24) is 20.2 Å². The van der Waals surface area contributed by atoms with E-state index in [2.05, 4.69) is 41.4 Å². The van der Waals surface area contributed by atoms with E-state index in [9.17, 15) is 9.59 Å². The van der Waals surface area contributed by atoms with Crippen molar-refractivity contribution in [2.45, 2.75) is 13.8 Å². The Balaban J connectivity index is 0.000000225. The van der Waals surface area contributed by atoms with Gasteiger partial charge in [-0.25, -0.2) is 19.6 Å². The van der Waals surface area contributed by atoms with E-state index in [1.807, 2.05) is 24.3 Å². The van der Waals surface area contributed by atoms with Gasteiger partial charge in [-0.2, -0.15) is 5.10 Å². The highest BCUT2D eigenvalue weighted by Crippen LogP contribution is 2.27. The van der Waals surface area contributed by atoms with Crippen molar-refractivity contribution < 1.29 is 19.4 Å². The fourth-order valence-corrected chi connectivity index (χ4v) is 3.42. The lowest BCUT2D eigenvalue weighted by atomic mass is 10.0. The lowest BCUT2D eigenvalue weighted by Gasteiger charge is -2.15. The molecule has 0 saturated carbocycles. The van der Waals surface area contributed by atoms with Gasteiger partial charge in [0.1, 0.15) is 11.6 Å². The van der Waals surface area contributed by atoms with Crippen molar-refractivity contribution in [1.29, 1.82) is 0 Å². The molecular formula is C23H24BrN7O4. The molecule has 0 aliphatic carbocycles. The SMILES string of the molecule is CCN(C(=O)O)c1cc(Br)ccn1.CCOC(=O)Nc1cc(-c2ccc3[nH]nc(N)c3c2)ccn1. The van der Waals surface area contributed by atoms with Crippen LogP contribution in [0.5, 0.6) is 0 Å². The summed E-state index contributed by atoms with van der Waals surface area (Å²) < 4.78 is 5.65. The molecule has 4 aromatic rings. The van der Waals surface area contributed by atoms with Crippen molar-refractivity contribution >= 4 is 56.5 Å². The van der Waals surface area contributed by atoms with Crippen LogP contribution in [0.25, 0.3) is 22.0 Å². The van der Waals surface area contributed by atoms with Gasteiger partial charge in [-0.15, -0.1) is 0 Å². The number of nitrogens with zero attached hydrogens (tertiary/aromatic N) is 4.